The lowest BCUT2D eigenvalue weighted by atomic mass is 9.96. The number of nitrogens with one attached hydrogen (secondary N) is 1. The molecule has 1 aromatic rings. The minimum Gasteiger partial charge on any atom is -0.489 e. The van der Waals surface area contributed by atoms with Gasteiger partial charge in [-0.3, -0.25) is 9.69 Å². The Morgan fingerprint density at radius 2 is 2.32 bits per heavy atom. The molecule has 1 atom stereocenters. The van der Waals surface area contributed by atoms with Crippen LogP contribution < -0.4 is 10.1 Å². The van der Waals surface area contributed by atoms with E-state index in [2.05, 4.69) is 28.9 Å². The normalized spacial score (nSPS) is 17.9. The predicted molar refractivity (Wildman–Crippen MR) is 99.5 cm³/mol. The summed E-state index contributed by atoms with van der Waals surface area (Å²) in [6, 6.07) is 8.12. The second-order valence-corrected chi connectivity index (χ2v) is 6.84. The maximum Gasteiger partial charge on any atom is 0.224 e. The smallest absolute Gasteiger partial charge is 0.224 e. The number of amides is 1. The monoisotopic (exact) mass is 346 g/mol. The Bertz CT molecular complexity index is 574. The number of nitrogens with zero attached hydrogens (tertiary/aromatic N) is 1. The van der Waals surface area contributed by atoms with E-state index < -0.39 is 0 Å². The van der Waals surface area contributed by atoms with Crippen LogP contribution in [-0.4, -0.2) is 48.8 Å². The number of piperidine rings is 1. The maximum absolute atomic E-state index is 12.2. The number of hydrogen-bond acceptors (Lipinski definition) is 4. The minimum absolute atomic E-state index is 0.0373. The van der Waals surface area contributed by atoms with Crippen molar-refractivity contribution in [1.29, 1.82) is 0 Å². The average Bonchev–Trinajstić information content (AvgIpc) is 2.60. The molecular weight excluding hydrogens is 316 g/mol. The molecule has 0 aliphatic carbocycles. The van der Waals surface area contributed by atoms with E-state index >= 15 is 0 Å². The highest BCUT2D eigenvalue weighted by Crippen LogP contribution is 2.21. The number of benzene rings is 1. The van der Waals surface area contributed by atoms with E-state index in [1.807, 2.05) is 19.1 Å². The molecule has 0 aromatic heterocycles. The summed E-state index contributed by atoms with van der Waals surface area (Å²) >= 11 is 0. The molecule has 138 valence electrons. The van der Waals surface area contributed by atoms with Crippen molar-refractivity contribution in [2.24, 2.45) is 5.92 Å². The van der Waals surface area contributed by atoms with Crippen molar-refractivity contribution in [2.45, 2.75) is 32.7 Å². The Labute approximate surface area is 150 Å². The SMILES string of the molecule is C=C(C)COc1cccc(CN2CCC[C@@H](C(=O)NCCCO)C2)c1. The van der Waals surface area contributed by atoms with Crippen LogP contribution in [0.5, 0.6) is 5.75 Å². The first-order valence-electron chi connectivity index (χ1n) is 9.05. The highest BCUT2D eigenvalue weighted by Gasteiger charge is 2.25. The first-order chi connectivity index (χ1) is 12.1. The molecule has 0 unspecified atom stereocenters. The van der Waals surface area contributed by atoms with Gasteiger partial charge >= 0.3 is 0 Å². The van der Waals surface area contributed by atoms with E-state index in [9.17, 15) is 4.79 Å². The van der Waals surface area contributed by atoms with Gasteiger partial charge in [-0.2, -0.15) is 0 Å². The Hall–Kier alpha value is -1.85. The molecule has 1 aromatic carbocycles. The summed E-state index contributed by atoms with van der Waals surface area (Å²) in [5, 5.41) is 11.7. The highest BCUT2D eigenvalue weighted by molar-refractivity contribution is 5.78. The predicted octanol–water partition coefficient (Wildman–Crippen LogP) is 2.35. The number of aliphatic hydroxyl groups is 1. The number of aliphatic hydroxyl groups excluding tert-OH is 1. The van der Waals surface area contributed by atoms with Crippen molar-refractivity contribution < 1.29 is 14.6 Å². The Morgan fingerprint density at radius 3 is 3.08 bits per heavy atom. The van der Waals surface area contributed by atoms with Gasteiger partial charge in [-0.25, -0.2) is 0 Å². The van der Waals surface area contributed by atoms with E-state index in [4.69, 9.17) is 9.84 Å². The van der Waals surface area contributed by atoms with Gasteiger partial charge in [0, 0.05) is 26.2 Å². The lowest BCUT2D eigenvalue weighted by Crippen LogP contribution is -2.43. The molecule has 5 heteroatoms. The van der Waals surface area contributed by atoms with Crippen molar-refractivity contribution in [1.82, 2.24) is 10.2 Å². The molecule has 0 saturated carbocycles. The summed E-state index contributed by atoms with van der Waals surface area (Å²) < 4.78 is 5.71. The molecule has 0 radical (unpaired) electrons. The molecule has 1 amide bonds. The van der Waals surface area contributed by atoms with Crippen molar-refractivity contribution in [3.63, 3.8) is 0 Å². The summed E-state index contributed by atoms with van der Waals surface area (Å²) in [6.07, 6.45) is 2.58. The zero-order chi connectivity index (χ0) is 18.1. The third-order valence-corrected chi connectivity index (χ3v) is 4.30. The summed E-state index contributed by atoms with van der Waals surface area (Å²) in [4.78, 5) is 14.6. The van der Waals surface area contributed by atoms with Crippen LogP contribution in [0, 0.1) is 5.92 Å². The quantitative estimate of drug-likeness (QED) is 0.532. The van der Waals surface area contributed by atoms with E-state index in [0.29, 0.717) is 19.6 Å². The third kappa shape index (κ3) is 6.88. The average molecular weight is 346 g/mol. The maximum atomic E-state index is 12.2. The van der Waals surface area contributed by atoms with Gasteiger partial charge < -0.3 is 15.2 Å². The van der Waals surface area contributed by atoms with Crippen LogP contribution in [-0.2, 0) is 11.3 Å². The van der Waals surface area contributed by atoms with Crippen LogP contribution in [0.2, 0.25) is 0 Å². The molecule has 1 aliphatic heterocycles. The number of likely N-dealkylation sites (tertiary alicyclic amines) is 1. The van der Waals surface area contributed by atoms with Gasteiger partial charge in [-0.05, 0) is 56.0 Å². The van der Waals surface area contributed by atoms with Crippen LogP contribution in [0.4, 0.5) is 0 Å². The summed E-state index contributed by atoms with van der Waals surface area (Å²) in [6.45, 7) is 9.61. The van der Waals surface area contributed by atoms with Crippen molar-refractivity contribution in [2.75, 3.05) is 32.8 Å². The Balaban J connectivity index is 1.86. The largest absolute Gasteiger partial charge is 0.489 e. The minimum atomic E-state index is 0.0373. The fraction of sp³-hybridized carbons (Fsp3) is 0.550. The molecule has 1 aliphatic rings. The van der Waals surface area contributed by atoms with Gasteiger partial charge in [0.15, 0.2) is 0 Å². The molecular formula is C20H30N2O3. The zero-order valence-electron chi connectivity index (χ0n) is 15.2. The van der Waals surface area contributed by atoms with E-state index in [-0.39, 0.29) is 18.4 Å². The van der Waals surface area contributed by atoms with E-state index in [0.717, 1.165) is 43.8 Å². The molecule has 0 bridgehead atoms. The Kier molecular flexibility index (Phi) is 7.95. The van der Waals surface area contributed by atoms with Crippen molar-refractivity contribution in [3.05, 3.63) is 42.0 Å². The molecule has 2 rings (SSSR count). The topological polar surface area (TPSA) is 61.8 Å². The van der Waals surface area contributed by atoms with Gasteiger partial charge in [0.05, 0.1) is 5.92 Å². The molecule has 25 heavy (non-hydrogen) atoms. The number of rotatable bonds is 9. The third-order valence-electron chi connectivity index (χ3n) is 4.30. The standard InChI is InChI=1S/C20H30N2O3/c1-16(2)15-25-19-8-3-6-17(12-19)13-22-10-4-7-18(14-22)20(24)21-9-5-11-23/h3,6,8,12,18,23H,1,4-5,7,9-11,13-15H2,2H3,(H,21,24)/t18-/m1/s1. The first-order valence-corrected chi connectivity index (χ1v) is 9.05. The number of carbonyl (C=O) groups excluding carboxylic acids is 1. The van der Waals surface area contributed by atoms with Gasteiger partial charge in [0.2, 0.25) is 5.91 Å². The van der Waals surface area contributed by atoms with Gasteiger partial charge in [-0.1, -0.05) is 18.7 Å². The van der Waals surface area contributed by atoms with Crippen molar-refractivity contribution in [3.8, 4) is 5.75 Å². The number of carbonyl (C=O) groups is 1. The second kappa shape index (κ2) is 10.2. The van der Waals surface area contributed by atoms with Gasteiger partial charge in [0.1, 0.15) is 12.4 Å². The molecule has 1 saturated heterocycles. The van der Waals surface area contributed by atoms with E-state index in [1.54, 1.807) is 0 Å². The first kappa shape index (κ1) is 19.5. The molecule has 1 heterocycles. The molecule has 2 N–H and O–H groups in total. The number of hydrogen-bond donors (Lipinski definition) is 2. The summed E-state index contributed by atoms with van der Waals surface area (Å²) in [5.74, 6) is 1.00. The second-order valence-electron chi connectivity index (χ2n) is 6.84. The zero-order valence-corrected chi connectivity index (χ0v) is 15.2. The summed E-state index contributed by atoms with van der Waals surface area (Å²) in [5.41, 5.74) is 2.19. The highest BCUT2D eigenvalue weighted by atomic mass is 16.5. The van der Waals surface area contributed by atoms with Crippen LogP contribution in [0.1, 0.15) is 31.7 Å². The van der Waals surface area contributed by atoms with Gasteiger partial charge in [-0.15, -0.1) is 0 Å². The molecule has 1 fully saturated rings. The van der Waals surface area contributed by atoms with Gasteiger partial charge in [0.25, 0.3) is 0 Å². The lowest BCUT2D eigenvalue weighted by Gasteiger charge is -2.32. The Morgan fingerprint density at radius 1 is 1.48 bits per heavy atom. The van der Waals surface area contributed by atoms with Crippen LogP contribution >= 0.6 is 0 Å². The molecule has 0 spiro atoms. The fourth-order valence-corrected chi connectivity index (χ4v) is 3.05. The van der Waals surface area contributed by atoms with Crippen molar-refractivity contribution >= 4 is 5.91 Å². The van der Waals surface area contributed by atoms with E-state index in [1.165, 1.54) is 5.56 Å². The van der Waals surface area contributed by atoms with Crippen LogP contribution in [0.15, 0.2) is 36.4 Å². The number of ether oxygens (including phenoxy) is 1. The molecule has 5 nitrogen and oxygen atoms in total. The summed E-state index contributed by atoms with van der Waals surface area (Å²) in [7, 11) is 0. The fourth-order valence-electron chi connectivity index (χ4n) is 3.05. The van der Waals surface area contributed by atoms with Crippen LogP contribution in [0.3, 0.4) is 0 Å². The van der Waals surface area contributed by atoms with Crippen LogP contribution in [0.25, 0.3) is 0 Å². The lowest BCUT2D eigenvalue weighted by molar-refractivity contribution is -0.126.